The van der Waals surface area contributed by atoms with Gasteiger partial charge < -0.3 is 10.1 Å². The van der Waals surface area contributed by atoms with Gasteiger partial charge in [0.05, 0.1) is 45.0 Å². The molecule has 1 aliphatic heterocycles. The highest BCUT2D eigenvalue weighted by atomic mass is 32.2. The first-order chi connectivity index (χ1) is 20.6. The van der Waals surface area contributed by atoms with Gasteiger partial charge in [-0.15, -0.1) is 23.1 Å². The SMILES string of the molecule is COc1cccc(-c2c(C)c(Cc3c(F)cccc3C(F)(F)F)c3n(c2=O)C(CNc2ccc4ncsc4c2)CS3)c1F. The number of anilines is 1. The van der Waals surface area contributed by atoms with Crippen LogP contribution in [0.1, 0.15) is 28.3 Å². The molecule has 222 valence electrons. The third-order valence-electron chi connectivity index (χ3n) is 7.62. The number of hydrogen-bond donors (Lipinski definition) is 1. The van der Waals surface area contributed by atoms with Crippen LogP contribution in [0.3, 0.4) is 0 Å². The quantitative estimate of drug-likeness (QED) is 0.185. The summed E-state index contributed by atoms with van der Waals surface area (Å²) in [7, 11) is 1.30. The number of hydrogen-bond acceptors (Lipinski definition) is 6. The lowest BCUT2D eigenvalue weighted by molar-refractivity contribution is -0.138. The molecule has 1 N–H and O–H groups in total. The molecule has 5 nitrogen and oxygen atoms in total. The Kier molecular flexibility index (Phi) is 7.67. The molecular weight excluding hydrogens is 605 g/mol. The first-order valence-corrected chi connectivity index (χ1v) is 15.1. The van der Waals surface area contributed by atoms with Crippen molar-refractivity contribution in [2.45, 2.75) is 30.6 Å². The number of methoxy groups -OCH3 is 1. The minimum absolute atomic E-state index is 0.00127. The molecule has 0 saturated carbocycles. The molecule has 43 heavy (non-hydrogen) atoms. The molecule has 3 heterocycles. The van der Waals surface area contributed by atoms with Crippen LogP contribution in [-0.4, -0.2) is 29.0 Å². The first kappa shape index (κ1) is 29.2. The van der Waals surface area contributed by atoms with E-state index in [0.717, 1.165) is 34.1 Å². The minimum atomic E-state index is -4.79. The van der Waals surface area contributed by atoms with Crippen LogP contribution in [0.5, 0.6) is 5.75 Å². The van der Waals surface area contributed by atoms with Gasteiger partial charge in [-0.3, -0.25) is 9.36 Å². The second kappa shape index (κ2) is 11.3. The highest BCUT2D eigenvalue weighted by Gasteiger charge is 2.36. The summed E-state index contributed by atoms with van der Waals surface area (Å²) in [5.41, 5.74) is 1.91. The Morgan fingerprint density at radius 3 is 2.65 bits per heavy atom. The number of nitrogens with zero attached hydrogens (tertiary/aromatic N) is 2. The average Bonchev–Trinajstić information content (AvgIpc) is 3.62. The summed E-state index contributed by atoms with van der Waals surface area (Å²) in [4.78, 5) is 18.4. The summed E-state index contributed by atoms with van der Waals surface area (Å²) in [5, 5.41) is 3.79. The van der Waals surface area contributed by atoms with Gasteiger partial charge in [0.15, 0.2) is 11.6 Å². The van der Waals surface area contributed by atoms with Crippen LogP contribution in [-0.2, 0) is 12.6 Å². The molecule has 0 radical (unpaired) electrons. The molecule has 1 aliphatic rings. The second-order valence-electron chi connectivity index (χ2n) is 10.1. The Hall–Kier alpha value is -3.90. The molecular formula is C31H24F5N3O2S2. The summed E-state index contributed by atoms with van der Waals surface area (Å²) in [6.07, 6.45) is -5.22. The zero-order valence-electron chi connectivity index (χ0n) is 22.9. The fourth-order valence-electron chi connectivity index (χ4n) is 5.49. The van der Waals surface area contributed by atoms with E-state index in [4.69, 9.17) is 4.74 Å². The maximum atomic E-state index is 15.6. The smallest absolute Gasteiger partial charge is 0.416 e. The summed E-state index contributed by atoms with van der Waals surface area (Å²) < 4.78 is 80.1. The van der Waals surface area contributed by atoms with Crippen molar-refractivity contribution in [1.29, 1.82) is 0 Å². The fraction of sp³-hybridized carbons (Fsp3) is 0.226. The number of benzene rings is 3. The topological polar surface area (TPSA) is 56.1 Å². The van der Waals surface area contributed by atoms with E-state index in [0.29, 0.717) is 22.9 Å². The van der Waals surface area contributed by atoms with Gasteiger partial charge in [-0.1, -0.05) is 18.2 Å². The standard InChI is InChI=1S/C31H24F5N3O2S2/c1-16-20(12-21-22(31(34,35)36)6-4-7-23(21)32)30-39(29(40)27(16)19-5-3-8-25(41-2)28(19)33)18(14-42-30)13-37-17-9-10-24-26(11-17)43-15-38-24/h3-11,15,18,37H,12-14H2,1-2H3. The summed E-state index contributed by atoms with van der Waals surface area (Å²) >= 11 is 2.81. The molecule has 0 bridgehead atoms. The largest absolute Gasteiger partial charge is 0.494 e. The molecule has 2 aromatic heterocycles. The molecule has 1 atom stereocenters. The first-order valence-electron chi connectivity index (χ1n) is 13.2. The van der Waals surface area contributed by atoms with E-state index in [9.17, 15) is 18.0 Å². The Morgan fingerprint density at radius 1 is 1.09 bits per heavy atom. The maximum absolute atomic E-state index is 15.6. The molecule has 5 aromatic rings. The summed E-state index contributed by atoms with van der Waals surface area (Å²) in [5.74, 6) is -1.42. The van der Waals surface area contributed by atoms with Crippen molar-refractivity contribution in [1.82, 2.24) is 9.55 Å². The van der Waals surface area contributed by atoms with Gasteiger partial charge in [0, 0.05) is 35.5 Å². The predicted molar refractivity (Wildman–Crippen MR) is 159 cm³/mol. The maximum Gasteiger partial charge on any atom is 0.416 e. The second-order valence-corrected chi connectivity index (χ2v) is 12.0. The van der Waals surface area contributed by atoms with Gasteiger partial charge in [-0.2, -0.15) is 13.2 Å². The van der Waals surface area contributed by atoms with Gasteiger partial charge in [0.2, 0.25) is 0 Å². The molecule has 0 aliphatic carbocycles. The molecule has 0 fully saturated rings. The Bertz CT molecular complexity index is 1920. The predicted octanol–water partition coefficient (Wildman–Crippen LogP) is 8.09. The van der Waals surface area contributed by atoms with E-state index in [2.05, 4.69) is 10.3 Å². The summed E-state index contributed by atoms with van der Waals surface area (Å²) in [6.45, 7) is 1.89. The monoisotopic (exact) mass is 629 g/mol. The van der Waals surface area contributed by atoms with E-state index < -0.39 is 47.0 Å². The van der Waals surface area contributed by atoms with Crippen LogP contribution in [0.15, 0.2) is 69.9 Å². The number of thiazole rings is 1. The number of alkyl halides is 3. The number of ether oxygens (including phenoxy) is 1. The Labute approximate surface area is 251 Å². The lowest BCUT2D eigenvalue weighted by atomic mass is 9.92. The van der Waals surface area contributed by atoms with Crippen molar-refractivity contribution in [3.8, 4) is 16.9 Å². The van der Waals surface area contributed by atoms with Gasteiger partial charge in [-0.05, 0) is 54.4 Å². The van der Waals surface area contributed by atoms with Crippen LogP contribution < -0.4 is 15.6 Å². The number of fused-ring (bicyclic) bond motifs is 2. The number of aromatic nitrogens is 2. The molecule has 0 spiro atoms. The van der Waals surface area contributed by atoms with Gasteiger partial charge >= 0.3 is 6.18 Å². The van der Waals surface area contributed by atoms with Gasteiger partial charge in [0.25, 0.3) is 5.56 Å². The number of pyridine rings is 1. The van der Waals surface area contributed by atoms with E-state index in [1.165, 1.54) is 53.0 Å². The van der Waals surface area contributed by atoms with Crippen LogP contribution in [0.25, 0.3) is 21.3 Å². The molecule has 0 amide bonds. The van der Waals surface area contributed by atoms with Gasteiger partial charge in [-0.25, -0.2) is 13.8 Å². The number of rotatable bonds is 7. The molecule has 0 saturated heterocycles. The van der Waals surface area contributed by atoms with E-state index in [1.807, 2.05) is 18.2 Å². The third kappa shape index (κ3) is 5.27. The zero-order valence-corrected chi connectivity index (χ0v) is 24.5. The lowest BCUT2D eigenvalue weighted by Crippen LogP contribution is -2.31. The van der Waals surface area contributed by atoms with Crippen molar-refractivity contribution in [3.63, 3.8) is 0 Å². The van der Waals surface area contributed by atoms with Crippen LogP contribution >= 0.6 is 23.1 Å². The van der Waals surface area contributed by atoms with E-state index in [-0.39, 0.29) is 22.4 Å². The van der Waals surface area contributed by atoms with E-state index in [1.54, 1.807) is 12.4 Å². The molecule has 12 heteroatoms. The highest BCUT2D eigenvalue weighted by Crippen LogP contribution is 2.42. The van der Waals surface area contributed by atoms with Crippen LogP contribution in [0, 0.1) is 18.6 Å². The van der Waals surface area contributed by atoms with Crippen LogP contribution in [0.4, 0.5) is 27.6 Å². The Balaban J connectivity index is 1.50. The van der Waals surface area contributed by atoms with Crippen molar-refractivity contribution < 1.29 is 26.7 Å². The van der Waals surface area contributed by atoms with Crippen molar-refractivity contribution in [2.75, 3.05) is 24.7 Å². The third-order valence-corrected chi connectivity index (χ3v) is 9.68. The zero-order chi connectivity index (χ0) is 30.5. The van der Waals surface area contributed by atoms with E-state index >= 15 is 8.78 Å². The normalized spacial score (nSPS) is 14.7. The molecule has 6 rings (SSSR count). The van der Waals surface area contributed by atoms with Crippen molar-refractivity contribution in [3.05, 3.63) is 104 Å². The number of thioether (sulfide) groups is 1. The molecule has 1 unspecified atom stereocenters. The lowest BCUT2D eigenvalue weighted by Gasteiger charge is -2.22. The highest BCUT2D eigenvalue weighted by molar-refractivity contribution is 7.99. The minimum Gasteiger partial charge on any atom is -0.494 e. The molecule has 3 aromatic carbocycles. The van der Waals surface area contributed by atoms with Crippen LogP contribution in [0.2, 0.25) is 0 Å². The van der Waals surface area contributed by atoms with Gasteiger partial charge in [0.1, 0.15) is 5.82 Å². The Morgan fingerprint density at radius 2 is 1.88 bits per heavy atom. The summed E-state index contributed by atoms with van der Waals surface area (Å²) in [6, 6.07) is 12.5. The van der Waals surface area contributed by atoms with Crippen molar-refractivity contribution in [2.24, 2.45) is 0 Å². The average molecular weight is 630 g/mol. The number of halogens is 5. The van der Waals surface area contributed by atoms with Crippen molar-refractivity contribution >= 4 is 39.0 Å². The number of nitrogens with one attached hydrogen (secondary N) is 1. The fourth-order valence-corrected chi connectivity index (χ4v) is 7.59.